The molecule has 3 heterocycles. The first-order valence-corrected chi connectivity index (χ1v) is 11.9. The van der Waals surface area contributed by atoms with E-state index in [9.17, 15) is 0 Å². The molecule has 1 saturated heterocycles. The summed E-state index contributed by atoms with van der Waals surface area (Å²) in [5.41, 5.74) is 3.37. The number of fused-ring (bicyclic) bond motifs is 1. The summed E-state index contributed by atoms with van der Waals surface area (Å²) in [5.74, 6) is 1.29. The molecule has 0 spiro atoms. The van der Waals surface area contributed by atoms with Crippen molar-refractivity contribution in [1.29, 1.82) is 0 Å². The van der Waals surface area contributed by atoms with Gasteiger partial charge in [-0.25, -0.2) is 9.97 Å². The summed E-state index contributed by atoms with van der Waals surface area (Å²) in [6, 6.07) is 7.10. The maximum atomic E-state index is 5.46. The zero-order chi connectivity index (χ0) is 20.2. The Kier molecular flexibility index (Phi) is 6.08. The van der Waals surface area contributed by atoms with Gasteiger partial charge in [0.1, 0.15) is 5.82 Å². The lowest BCUT2D eigenvalue weighted by atomic mass is 9.96. The Bertz CT molecular complexity index is 979. The Balaban J connectivity index is 1.23. The van der Waals surface area contributed by atoms with E-state index in [-0.39, 0.29) is 0 Å². The van der Waals surface area contributed by atoms with Gasteiger partial charge in [0.25, 0.3) is 0 Å². The molecular formula is C23H29N5OS. The Morgan fingerprint density at radius 3 is 2.73 bits per heavy atom. The molecule has 158 valence electrons. The van der Waals surface area contributed by atoms with Gasteiger partial charge in [0, 0.05) is 37.9 Å². The lowest BCUT2D eigenvalue weighted by Gasteiger charge is -2.22. The van der Waals surface area contributed by atoms with E-state index in [1.165, 1.54) is 42.4 Å². The van der Waals surface area contributed by atoms with Crippen LogP contribution in [-0.2, 0) is 11.3 Å². The third-order valence-corrected chi connectivity index (χ3v) is 7.10. The first kappa shape index (κ1) is 19.7. The lowest BCUT2D eigenvalue weighted by molar-refractivity contribution is 0.0844. The highest BCUT2D eigenvalue weighted by Gasteiger charge is 2.18. The SMILES string of the molecule is c1cc2nc(NC3CCCCC3)sc2cc1CNc1cncc(C2CCOCC2)n1. The molecule has 3 aromatic rings. The third-order valence-electron chi connectivity index (χ3n) is 6.15. The molecule has 2 fully saturated rings. The third kappa shape index (κ3) is 4.73. The van der Waals surface area contributed by atoms with Gasteiger partial charge in [-0.15, -0.1) is 0 Å². The smallest absolute Gasteiger partial charge is 0.184 e. The van der Waals surface area contributed by atoms with Crippen LogP contribution >= 0.6 is 11.3 Å². The van der Waals surface area contributed by atoms with Gasteiger partial charge in [-0.05, 0) is 43.4 Å². The minimum Gasteiger partial charge on any atom is -0.381 e. The Labute approximate surface area is 181 Å². The van der Waals surface area contributed by atoms with Crippen LogP contribution in [0.15, 0.2) is 30.6 Å². The number of nitrogens with zero attached hydrogens (tertiary/aromatic N) is 3. The fraction of sp³-hybridized carbons (Fsp3) is 0.522. The summed E-state index contributed by atoms with van der Waals surface area (Å²) in [5, 5.41) is 8.14. The number of hydrogen-bond donors (Lipinski definition) is 2. The fourth-order valence-corrected chi connectivity index (χ4v) is 5.42. The van der Waals surface area contributed by atoms with E-state index in [1.54, 1.807) is 17.5 Å². The molecule has 1 aliphatic carbocycles. The van der Waals surface area contributed by atoms with E-state index in [0.717, 1.165) is 54.8 Å². The van der Waals surface area contributed by atoms with Gasteiger partial charge in [-0.1, -0.05) is 36.7 Å². The fourth-order valence-electron chi connectivity index (χ4n) is 4.41. The number of nitrogens with one attached hydrogen (secondary N) is 2. The van der Waals surface area contributed by atoms with E-state index in [0.29, 0.717) is 12.0 Å². The van der Waals surface area contributed by atoms with Crippen molar-refractivity contribution in [1.82, 2.24) is 15.0 Å². The predicted molar refractivity (Wildman–Crippen MR) is 122 cm³/mol. The predicted octanol–water partition coefficient (Wildman–Crippen LogP) is 5.34. The van der Waals surface area contributed by atoms with Crippen LogP contribution in [0, 0.1) is 0 Å². The van der Waals surface area contributed by atoms with Crippen LogP contribution in [-0.4, -0.2) is 34.2 Å². The molecular weight excluding hydrogens is 394 g/mol. The largest absolute Gasteiger partial charge is 0.381 e. The van der Waals surface area contributed by atoms with Crippen LogP contribution in [0.5, 0.6) is 0 Å². The molecule has 1 aliphatic heterocycles. The molecule has 6 nitrogen and oxygen atoms in total. The summed E-state index contributed by atoms with van der Waals surface area (Å²) in [4.78, 5) is 14.0. The molecule has 0 bridgehead atoms. The summed E-state index contributed by atoms with van der Waals surface area (Å²) < 4.78 is 6.69. The molecule has 0 amide bonds. The molecule has 0 radical (unpaired) electrons. The molecule has 0 unspecified atom stereocenters. The lowest BCUT2D eigenvalue weighted by Crippen LogP contribution is -2.21. The maximum Gasteiger partial charge on any atom is 0.184 e. The Hall–Kier alpha value is -2.25. The van der Waals surface area contributed by atoms with Gasteiger partial charge in [0.05, 0.1) is 22.1 Å². The van der Waals surface area contributed by atoms with E-state index in [4.69, 9.17) is 14.7 Å². The normalized spacial score (nSPS) is 18.5. The minimum atomic E-state index is 0.455. The first-order chi connectivity index (χ1) is 14.8. The molecule has 30 heavy (non-hydrogen) atoms. The number of ether oxygens (including phenoxy) is 1. The standard InChI is InChI=1S/C23H29N5OS/c1-2-4-18(5-3-1)26-23-28-19-7-6-16(12-21(19)30-23)13-25-22-15-24-14-20(27-22)17-8-10-29-11-9-17/h6-7,12,14-15,17-18H,1-5,8-11,13H2,(H,25,27)(H,26,28). The van der Waals surface area contributed by atoms with Crippen molar-refractivity contribution in [3.8, 4) is 0 Å². The minimum absolute atomic E-state index is 0.455. The van der Waals surface area contributed by atoms with Gasteiger partial charge in [0.2, 0.25) is 0 Å². The van der Waals surface area contributed by atoms with Crippen LogP contribution in [0.25, 0.3) is 10.2 Å². The number of benzene rings is 1. The first-order valence-electron chi connectivity index (χ1n) is 11.1. The van der Waals surface area contributed by atoms with Crippen LogP contribution in [0.1, 0.15) is 62.1 Å². The van der Waals surface area contributed by atoms with E-state index >= 15 is 0 Å². The Morgan fingerprint density at radius 1 is 1.00 bits per heavy atom. The van der Waals surface area contributed by atoms with Crippen molar-refractivity contribution in [2.24, 2.45) is 0 Å². The molecule has 2 aliphatic rings. The van der Waals surface area contributed by atoms with Gasteiger partial charge in [0.15, 0.2) is 5.13 Å². The second kappa shape index (κ2) is 9.27. The van der Waals surface area contributed by atoms with Crippen molar-refractivity contribution in [2.45, 2.75) is 63.5 Å². The van der Waals surface area contributed by atoms with Crippen molar-refractivity contribution in [3.63, 3.8) is 0 Å². The molecule has 1 aromatic carbocycles. The molecule has 2 aromatic heterocycles. The number of anilines is 2. The van der Waals surface area contributed by atoms with Gasteiger partial charge in [-0.3, -0.25) is 4.98 Å². The number of aromatic nitrogens is 3. The van der Waals surface area contributed by atoms with Crippen LogP contribution in [0.4, 0.5) is 10.9 Å². The van der Waals surface area contributed by atoms with Crippen molar-refractivity contribution in [3.05, 3.63) is 41.9 Å². The summed E-state index contributed by atoms with van der Waals surface area (Å²) in [6.45, 7) is 2.36. The summed E-state index contributed by atoms with van der Waals surface area (Å²) in [7, 11) is 0. The average Bonchev–Trinajstić information content (AvgIpc) is 3.20. The highest BCUT2D eigenvalue weighted by Crippen LogP contribution is 2.30. The van der Waals surface area contributed by atoms with Gasteiger partial charge < -0.3 is 15.4 Å². The number of hydrogen-bond acceptors (Lipinski definition) is 7. The molecule has 0 atom stereocenters. The second-order valence-corrected chi connectivity index (χ2v) is 9.40. The van der Waals surface area contributed by atoms with Gasteiger partial charge >= 0.3 is 0 Å². The van der Waals surface area contributed by atoms with Gasteiger partial charge in [-0.2, -0.15) is 0 Å². The molecule has 2 N–H and O–H groups in total. The van der Waals surface area contributed by atoms with Crippen LogP contribution in [0.3, 0.4) is 0 Å². The van der Waals surface area contributed by atoms with Crippen LogP contribution < -0.4 is 10.6 Å². The number of rotatable bonds is 6. The van der Waals surface area contributed by atoms with Crippen LogP contribution in [0.2, 0.25) is 0 Å². The second-order valence-electron chi connectivity index (χ2n) is 8.37. The van der Waals surface area contributed by atoms with E-state index in [1.807, 2.05) is 6.20 Å². The maximum absolute atomic E-state index is 5.46. The van der Waals surface area contributed by atoms with E-state index in [2.05, 4.69) is 33.8 Å². The highest BCUT2D eigenvalue weighted by molar-refractivity contribution is 7.22. The van der Waals surface area contributed by atoms with E-state index < -0.39 is 0 Å². The Morgan fingerprint density at radius 2 is 1.87 bits per heavy atom. The molecule has 1 saturated carbocycles. The van der Waals surface area contributed by atoms with Crippen molar-refractivity contribution >= 4 is 32.5 Å². The summed E-state index contributed by atoms with van der Waals surface area (Å²) in [6.07, 6.45) is 12.3. The monoisotopic (exact) mass is 423 g/mol. The average molecular weight is 424 g/mol. The topological polar surface area (TPSA) is 72.0 Å². The number of thiazole rings is 1. The molecule has 7 heteroatoms. The zero-order valence-corrected chi connectivity index (χ0v) is 18.1. The zero-order valence-electron chi connectivity index (χ0n) is 17.3. The van der Waals surface area contributed by atoms with Crippen molar-refractivity contribution < 1.29 is 4.74 Å². The van der Waals surface area contributed by atoms with Crippen molar-refractivity contribution in [2.75, 3.05) is 23.8 Å². The molecule has 5 rings (SSSR count). The highest BCUT2D eigenvalue weighted by atomic mass is 32.1. The summed E-state index contributed by atoms with van der Waals surface area (Å²) >= 11 is 1.76. The quantitative estimate of drug-likeness (QED) is 0.558.